The number of nitrogens with one attached hydrogen (secondary N) is 2. The number of benzene rings is 2. The van der Waals surface area contributed by atoms with Gasteiger partial charge in [-0.05, 0) is 32.0 Å². The van der Waals surface area contributed by atoms with Crippen molar-refractivity contribution in [1.29, 1.82) is 0 Å². The molecule has 0 radical (unpaired) electrons. The third kappa shape index (κ3) is 4.09. The van der Waals surface area contributed by atoms with Crippen molar-refractivity contribution in [1.82, 2.24) is 10.9 Å². The van der Waals surface area contributed by atoms with Crippen molar-refractivity contribution in [2.45, 2.75) is 25.9 Å². The van der Waals surface area contributed by atoms with Crippen LogP contribution in [-0.4, -0.2) is 24.0 Å². The standard InChI is InChI=1S/C19H20N2O4/c1-19(2)11-14-9-6-10-15(17(14)25-19)24-12-16(22)20-21-18(23)13-7-4-3-5-8-13/h3-10H,11-12H2,1-2H3,(H,20,22)(H,21,23). The van der Waals surface area contributed by atoms with Crippen molar-refractivity contribution in [2.75, 3.05) is 6.61 Å². The quantitative estimate of drug-likeness (QED) is 0.837. The summed E-state index contributed by atoms with van der Waals surface area (Å²) in [5.41, 5.74) is 5.91. The van der Waals surface area contributed by atoms with Gasteiger partial charge in [-0.1, -0.05) is 30.3 Å². The Labute approximate surface area is 146 Å². The maximum absolute atomic E-state index is 11.9. The molecule has 1 aliphatic heterocycles. The number of rotatable bonds is 4. The molecule has 1 aliphatic rings. The molecule has 0 spiro atoms. The smallest absolute Gasteiger partial charge is 0.276 e. The lowest BCUT2D eigenvalue weighted by Crippen LogP contribution is -2.43. The Morgan fingerprint density at radius 2 is 1.84 bits per heavy atom. The number of para-hydroxylation sites is 1. The predicted octanol–water partition coefficient (Wildman–Crippen LogP) is 2.24. The number of amides is 2. The van der Waals surface area contributed by atoms with Gasteiger partial charge in [0, 0.05) is 17.5 Å². The molecular weight excluding hydrogens is 320 g/mol. The first kappa shape index (κ1) is 16.8. The molecule has 0 unspecified atom stereocenters. The summed E-state index contributed by atoms with van der Waals surface area (Å²) in [5, 5.41) is 0. The largest absolute Gasteiger partial charge is 0.483 e. The first-order chi connectivity index (χ1) is 11.9. The minimum atomic E-state index is -0.459. The van der Waals surface area contributed by atoms with Gasteiger partial charge in [-0.3, -0.25) is 20.4 Å². The van der Waals surface area contributed by atoms with Crippen LogP contribution in [0.1, 0.15) is 29.8 Å². The van der Waals surface area contributed by atoms with Crippen LogP contribution in [0.15, 0.2) is 48.5 Å². The first-order valence-electron chi connectivity index (χ1n) is 8.02. The molecule has 2 amide bonds. The lowest BCUT2D eigenvalue weighted by atomic mass is 10.0. The molecule has 6 nitrogen and oxygen atoms in total. The van der Waals surface area contributed by atoms with Crippen LogP contribution in [0.2, 0.25) is 0 Å². The van der Waals surface area contributed by atoms with E-state index in [0.29, 0.717) is 17.1 Å². The number of hydrogen-bond acceptors (Lipinski definition) is 4. The Kier molecular flexibility index (Phi) is 4.61. The third-order valence-electron chi connectivity index (χ3n) is 3.77. The molecule has 0 aliphatic carbocycles. The number of hydrazine groups is 1. The van der Waals surface area contributed by atoms with Gasteiger partial charge in [-0.2, -0.15) is 0 Å². The topological polar surface area (TPSA) is 76.7 Å². The van der Waals surface area contributed by atoms with Gasteiger partial charge >= 0.3 is 0 Å². The summed E-state index contributed by atoms with van der Waals surface area (Å²) in [5.74, 6) is 0.347. The maximum Gasteiger partial charge on any atom is 0.276 e. The molecule has 3 rings (SSSR count). The van der Waals surface area contributed by atoms with Crippen molar-refractivity contribution in [2.24, 2.45) is 0 Å². The van der Waals surface area contributed by atoms with Crippen molar-refractivity contribution >= 4 is 11.8 Å². The van der Waals surface area contributed by atoms with Crippen molar-refractivity contribution in [3.63, 3.8) is 0 Å². The first-order valence-corrected chi connectivity index (χ1v) is 8.02. The zero-order valence-corrected chi connectivity index (χ0v) is 14.2. The van der Waals surface area contributed by atoms with E-state index in [4.69, 9.17) is 9.47 Å². The van der Waals surface area contributed by atoms with Gasteiger partial charge in [0.05, 0.1) is 0 Å². The lowest BCUT2D eigenvalue weighted by molar-refractivity contribution is -0.123. The Hall–Kier alpha value is -3.02. The van der Waals surface area contributed by atoms with Crippen LogP contribution in [0.3, 0.4) is 0 Å². The predicted molar refractivity (Wildman–Crippen MR) is 92.4 cm³/mol. The second-order valence-corrected chi connectivity index (χ2v) is 6.44. The zero-order valence-electron chi connectivity index (χ0n) is 14.2. The zero-order chi connectivity index (χ0) is 17.9. The Morgan fingerprint density at radius 1 is 1.08 bits per heavy atom. The van der Waals surface area contributed by atoms with Crippen LogP contribution in [0.25, 0.3) is 0 Å². The highest BCUT2D eigenvalue weighted by Gasteiger charge is 2.32. The molecule has 0 saturated heterocycles. The summed E-state index contributed by atoms with van der Waals surface area (Å²) in [4.78, 5) is 23.7. The summed E-state index contributed by atoms with van der Waals surface area (Å²) < 4.78 is 11.4. The third-order valence-corrected chi connectivity index (χ3v) is 3.77. The van der Waals surface area contributed by atoms with Gasteiger partial charge in [-0.15, -0.1) is 0 Å². The van der Waals surface area contributed by atoms with Crippen LogP contribution < -0.4 is 20.3 Å². The van der Waals surface area contributed by atoms with Gasteiger partial charge < -0.3 is 9.47 Å². The SMILES string of the molecule is CC1(C)Cc2cccc(OCC(=O)NNC(=O)c3ccccc3)c2O1. The molecule has 6 heteroatoms. The minimum absolute atomic E-state index is 0.227. The van der Waals surface area contributed by atoms with E-state index >= 15 is 0 Å². The number of fused-ring (bicyclic) bond motifs is 1. The van der Waals surface area contributed by atoms with Gasteiger partial charge in [0.1, 0.15) is 5.60 Å². The molecule has 0 aromatic heterocycles. The Bertz CT molecular complexity index is 787. The van der Waals surface area contributed by atoms with E-state index in [1.54, 1.807) is 30.3 Å². The molecule has 0 fully saturated rings. The van der Waals surface area contributed by atoms with Crippen LogP contribution in [-0.2, 0) is 11.2 Å². The van der Waals surface area contributed by atoms with E-state index in [9.17, 15) is 9.59 Å². The monoisotopic (exact) mass is 340 g/mol. The second kappa shape index (κ2) is 6.84. The summed E-state index contributed by atoms with van der Waals surface area (Å²) in [6, 6.07) is 14.2. The van der Waals surface area contributed by atoms with Crippen LogP contribution in [0.5, 0.6) is 11.5 Å². The maximum atomic E-state index is 11.9. The normalized spacial score (nSPS) is 14.2. The molecule has 2 N–H and O–H groups in total. The molecule has 130 valence electrons. The fourth-order valence-corrected chi connectivity index (χ4v) is 2.67. The van der Waals surface area contributed by atoms with E-state index in [1.165, 1.54) is 0 Å². The Balaban J connectivity index is 1.52. The lowest BCUT2D eigenvalue weighted by Gasteiger charge is -2.18. The summed E-state index contributed by atoms with van der Waals surface area (Å²) in [6.07, 6.45) is 0.791. The molecular formula is C19H20N2O4. The van der Waals surface area contributed by atoms with Crippen LogP contribution in [0, 0.1) is 0 Å². The fourth-order valence-electron chi connectivity index (χ4n) is 2.67. The molecule has 25 heavy (non-hydrogen) atoms. The van der Waals surface area contributed by atoms with Crippen molar-refractivity contribution in [3.05, 3.63) is 59.7 Å². The van der Waals surface area contributed by atoms with Gasteiger partial charge in [0.15, 0.2) is 18.1 Å². The van der Waals surface area contributed by atoms with E-state index < -0.39 is 5.91 Å². The molecule has 0 bridgehead atoms. The number of carbonyl (C=O) groups is 2. The van der Waals surface area contributed by atoms with Crippen molar-refractivity contribution < 1.29 is 19.1 Å². The Morgan fingerprint density at radius 3 is 2.60 bits per heavy atom. The van der Waals surface area contributed by atoms with Crippen LogP contribution in [0.4, 0.5) is 0 Å². The summed E-state index contributed by atoms with van der Waals surface area (Å²) >= 11 is 0. The number of hydrogen-bond donors (Lipinski definition) is 2. The highest BCUT2D eigenvalue weighted by Crippen LogP contribution is 2.41. The van der Waals surface area contributed by atoms with Crippen molar-refractivity contribution in [3.8, 4) is 11.5 Å². The van der Waals surface area contributed by atoms with Crippen LogP contribution >= 0.6 is 0 Å². The highest BCUT2D eigenvalue weighted by molar-refractivity contribution is 5.95. The van der Waals surface area contributed by atoms with Gasteiger partial charge in [-0.25, -0.2) is 0 Å². The van der Waals surface area contributed by atoms with Gasteiger partial charge in [0.2, 0.25) is 0 Å². The number of carbonyl (C=O) groups excluding carboxylic acids is 2. The molecule has 1 heterocycles. The summed E-state index contributed by atoms with van der Waals surface area (Å²) in [6.45, 7) is 3.78. The fraction of sp³-hybridized carbons (Fsp3) is 0.263. The minimum Gasteiger partial charge on any atom is -0.483 e. The number of ether oxygens (including phenoxy) is 2. The average Bonchev–Trinajstić information content (AvgIpc) is 2.93. The highest BCUT2D eigenvalue weighted by atomic mass is 16.5. The second-order valence-electron chi connectivity index (χ2n) is 6.44. The molecule has 0 saturated carbocycles. The summed E-state index contributed by atoms with van der Waals surface area (Å²) in [7, 11) is 0. The van der Waals surface area contributed by atoms with E-state index in [-0.39, 0.29) is 18.1 Å². The molecule has 2 aromatic carbocycles. The van der Waals surface area contributed by atoms with E-state index in [0.717, 1.165) is 12.0 Å². The molecule has 2 aromatic rings. The van der Waals surface area contributed by atoms with E-state index in [2.05, 4.69) is 10.9 Å². The van der Waals surface area contributed by atoms with Gasteiger partial charge in [0.25, 0.3) is 11.8 Å². The average molecular weight is 340 g/mol. The molecule has 0 atom stereocenters. The van der Waals surface area contributed by atoms with E-state index in [1.807, 2.05) is 32.0 Å².